The molecule has 13 rings (SSSR count). The van der Waals surface area contributed by atoms with E-state index in [4.69, 9.17) is 0 Å². The Kier molecular flexibility index (Phi) is 7.91. The van der Waals surface area contributed by atoms with Gasteiger partial charge in [0.25, 0.3) is 0 Å². The van der Waals surface area contributed by atoms with Gasteiger partial charge in [-0.2, -0.15) is 0 Å². The zero-order valence-corrected chi connectivity index (χ0v) is 34.4. The van der Waals surface area contributed by atoms with Crippen molar-refractivity contribution in [3.8, 4) is 50.4 Å². The highest BCUT2D eigenvalue weighted by atomic mass is 15.0. The van der Waals surface area contributed by atoms with Gasteiger partial charge in [-0.15, -0.1) is 0 Å². The third-order valence-electron chi connectivity index (χ3n) is 13.0. The highest BCUT2D eigenvalue weighted by Crippen LogP contribution is 2.42. The van der Waals surface area contributed by atoms with Crippen LogP contribution in [0, 0.1) is 0 Å². The van der Waals surface area contributed by atoms with Gasteiger partial charge in [0.1, 0.15) is 0 Å². The van der Waals surface area contributed by atoms with Crippen molar-refractivity contribution in [1.82, 2.24) is 13.7 Å². The van der Waals surface area contributed by atoms with Crippen molar-refractivity contribution >= 4 is 65.4 Å². The maximum atomic E-state index is 2.46. The van der Waals surface area contributed by atoms with Gasteiger partial charge in [-0.05, 0) is 118 Å². The average molecular weight is 802 g/mol. The second-order valence-electron chi connectivity index (χ2n) is 16.6. The molecule has 0 fully saturated rings. The molecule has 63 heavy (non-hydrogen) atoms. The van der Waals surface area contributed by atoms with Crippen molar-refractivity contribution in [2.75, 3.05) is 0 Å². The maximum absolute atomic E-state index is 2.46. The van der Waals surface area contributed by atoms with Crippen LogP contribution in [0.4, 0.5) is 0 Å². The summed E-state index contributed by atoms with van der Waals surface area (Å²) in [4.78, 5) is 0. The van der Waals surface area contributed by atoms with E-state index in [9.17, 15) is 0 Å². The second-order valence-corrected chi connectivity index (χ2v) is 16.6. The van der Waals surface area contributed by atoms with Gasteiger partial charge in [-0.3, -0.25) is 0 Å². The first-order valence-corrected chi connectivity index (χ1v) is 21.7. The normalized spacial score (nSPS) is 11.8. The Bertz CT molecular complexity index is 3850. The summed E-state index contributed by atoms with van der Waals surface area (Å²) >= 11 is 0. The fourth-order valence-electron chi connectivity index (χ4n) is 10.1. The number of hydrogen-bond donors (Lipinski definition) is 0. The fraction of sp³-hybridized carbons (Fsp3) is 0. The minimum Gasteiger partial charge on any atom is -0.309 e. The summed E-state index contributed by atoms with van der Waals surface area (Å²) in [6.45, 7) is 0. The van der Waals surface area contributed by atoms with Crippen molar-refractivity contribution < 1.29 is 0 Å². The van der Waals surface area contributed by atoms with E-state index in [1.54, 1.807) is 0 Å². The van der Waals surface area contributed by atoms with Crippen molar-refractivity contribution in [1.29, 1.82) is 0 Å². The van der Waals surface area contributed by atoms with Gasteiger partial charge in [-0.25, -0.2) is 0 Å². The molecule has 3 nitrogen and oxygen atoms in total. The first-order chi connectivity index (χ1) is 31.2. The molecule has 0 saturated heterocycles. The zero-order chi connectivity index (χ0) is 41.4. The Balaban J connectivity index is 1.04. The summed E-state index contributed by atoms with van der Waals surface area (Å²) in [7, 11) is 0. The molecule has 13 aromatic rings. The molecule has 0 amide bonds. The standard InChI is InChI=1S/C60H39N3/c1-4-14-40(15-5-1)42-24-30-47(31-25-42)62-56-23-13-11-21-50(56)53-38-54-52-37-45(44-28-34-57-51(36-44)49-20-10-12-22-55(49)61(57)46-18-8-3-9-19-46)29-35-58(52)63(60(54)39-59(53)62)48-32-26-43(27-33-48)41-16-6-2-7-17-41/h1-39H. The van der Waals surface area contributed by atoms with Crippen LogP contribution in [0.2, 0.25) is 0 Å². The first kappa shape index (κ1) is 35.4. The van der Waals surface area contributed by atoms with Crippen LogP contribution in [-0.2, 0) is 0 Å². The van der Waals surface area contributed by atoms with Gasteiger partial charge >= 0.3 is 0 Å². The Hall–Kier alpha value is -8.40. The molecule has 0 aliphatic rings. The molecule has 0 aliphatic heterocycles. The van der Waals surface area contributed by atoms with Crippen molar-refractivity contribution in [2.45, 2.75) is 0 Å². The molecule has 3 heteroatoms. The quantitative estimate of drug-likeness (QED) is 0.159. The summed E-state index contributed by atoms with van der Waals surface area (Å²) in [6, 6.07) is 86.5. The molecule has 3 heterocycles. The number of hydrogen-bond acceptors (Lipinski definition) is 0. The van der Waals surface area contributed by atoms with Crippen molar-refractivity contribution in [3.05, 3.63) is 237 Å². The molecule has 294 valence electrons. The molecule has 3 aromatic heterocycles. The molecule has 0 aliphatic carbocycles. The monoisotopic (exact) mass is 801 g/mol. The minimum atomic E-state index is 1.13. The van der Waals surface area contributed by atoms with Crippen LogP contribution >= 0.6 is 0 Å². The number of fused-ring (bicyclic) bond motifs is 9. The maximum Gasteiger partial charge on any atom is 0.0562 e. The first-order valence-electron chi connectivity index (χ1n) is 21.7. The minimum absolute atomic E-state index is 1.13. The van der Waals surface area contributed by atoms with Crippen LogP contribution in [0.5, 0.6) is 0 Å². The molecule has 0 N–H and O–H groups in total. The van der Waals surface area contributed by atoms with Crippen LogP contribution in [0.1, 0.15) is 0 Å². The molecule has 0 saturated carbocycles. The molecular weight excluding hydrogens is 763 g/mol. The lowest BCUT2D eigenvalue weighted by molar-refractivity contribution is 1.16. The third-order valence-corrected chi connectivity index (χ3v) is 13.0. The van der Waals surface area contributed by atoms with Crippen LogP contribution in [0.15, 0.2) is 237 Å². The summed E-state index contributed by atoms with van der Waals surface area (Å²) in [5, 5.41) is 7.45. The van der Waals surface area contributed by atoms with Gasteiger partial charge < -0.3 is 13.7 Å². The van der Waals surface area contributed by atoms with Crippen LogP contribution in [0.25, 0.3) is 116 Å². The van der Waals surface area contributed by atoms with Gasteiger partial charge in [0.2, 0.25) is 0 Å². The summed E-state index contributed by atoms with van der Waals surface area (Å²) in [5.74, 6) is 0. The van der Waals surface area contributed by atoms with Crippen LogP contribution in [0.3, 0.4) is 0 Å². The lowest BCUT2D eigenvalue weighted by Gasteiger charge is -2.12. The van der Waals surface area contributed by atoms with Crippen LogP contribution < -0.4 is 0 Å². The van der Waals surface area contributed by atoms with Gasteiger partial charge in [-0.1, -0.05) is 152 Å². The molecular formula is C60H39N3. The van der Waals surface area contributed by atoms with Crippen molar-refractivity contribution in [2.24, 2.45) is 0 Å². The number of aromatic nitrogens is 3. The van der Waals surface area contributed by atoms with E-state index in [2.05, 4.69) is 250 Å². The summed E-state index contributed by atoms with van der Waals surface area (Å²) in [5.41, 5.74) is 17.8. The van der Waals surface area contributed by atoms with Gasteiger partial charge in [0, 0.05) is 49.4 Å². The molecule has 0 bridgehead atoms. The topological polar surface area (TPSA) is 14.8 Å². The van der Waals surface area contributed by atoms with E-state index < -0.39 is 0 Å². The zero-order valence-electron chi connectivity index (χ0n) is 34.4. The second kappa shape index (κ2) is 14.1. The van der Waals surface area contributed by atoms with Gasteiger partial charge in [0.15, 0.2) is 0 Å². The molecule has 0 radical (unpaired) electrons. The highest BCUT2D eigenvalue weighted by molar-refractivity contribution is 6.20. The third kappa shape index (κ3) is 5.60. The highest BCUT2D eigenvalue weighted by Gasteiger charge is 2.20. The average Bonchev–Trinajstić information content (AvgIpc) is 3.99. The number of para-hydroxylation sites is 3. The van der Waals surface area contributed by atoms with E-state index in [0.29, 0.717) is 0 Å². The lowest BCUT2D eigenvalue weighted by atomic mass is 10.00. The van der Waals surface area contributed by atoms with E-state index in [1.807, 2.05) is 0 Å². The Labute approximate surface area is 364 Å². The van der Waals surface area contributed by atoms with E-state index in [-0.39, 0.29) is 0 Å². The van der Waals surface area contributed by atoms with Crippen LogP contribution in [-0.4, -0.2) is 13.7 Å². The Morgan fingerprint density at radius 3 is 0.984 bits per heavy atom. The van der Waals surface area contributed by atoms with Crippen molar-refractivity contribution in [3.63, 3.8) is 0 Å². The predicted octanol–water partition coefficient (Wildman–Crippen LogP) is 16.0. The Morgan fingerprint density at radius 1 is 0.175 bits per heavy atom. The molecule has 0 atom stereocenters. The Morgan fingerprint density at radius 2 is 0.492 bits per heavy atom. The number of nitrogens with zero attached hydrogens (tertiary/aromatic N) is 3. The SMILES string of the molecule is c1ccc(-c2ccc(-n3c4ccccc4c4cc5c6cc(-c7ccc8c(c7)c7ccccc7n8-c7ccccc7)ccc6n(-c6ccc(-c7ccccc7)cc6)c5cc43)cc2)cc1. The number of benzene rings is 10. The largest absolute Gasteiger partial charge is 0.309 e. The van der Waals surface area contributed by atoms with Gasteiger partial charge in [0.05, 0.1) is 33.1 Å². The van der Waals surface area contributed by atoms with E-state index in [1.165, 1.54) is 104 Å². The summed E-state index contributed by atoms with van der Waals surface area (Å²) < 4.78 is 7.28. The fourth-order valence-corrected chi connectivity index (χ4v) is 10.1. The predicted molar refractivity (Wildman–Crippen MR) is 266 cm³/mol. The molecule has 0 unspecified atom stereocenters. The molecule has 10 aromatic carbocycles. The number of rotatable bonds is 6. The van der Waals surface area contributed by atoms with E-state index in [0.717, 1.165) is 11.4 Å². The summed E-state index contributed by atoms with van der Waals surface area (Å²) in [6.07, 6.45) is 0. The lowest BCUT2D eigenvalue weighted by Crippen LogP contribution is -1.96. The molecule has 0 spiro atoms. The smallest absolute Gasteiger partial charge is 0.0562 e. The van der Waals surface area contributed by atoms with E-state index >= 15 is 0 Å².